The first kappa shape index (κ1) is 13.0. The Kier molecular flexibility index (Phi) is 5.33. The normalized spacial score (nSPS) is 10.1. The van der Waals surface area contributed by atoms with E-state index >= 15 is 0 Å². The summed E-state index contributed by atoms with van der Waals surface area (Å²) in [7, 11) is 0. The summed E-state index contributed by atoms with van der Waals surface area (Å²) in [6, 6.07) is 5.62. The van der Waals surface area contributed by atoms with Gasteiger partial charge in [0.25, 0.3) is 0 Å². The lowest BCUT2D eigenvalue weighted by Gasteiger charge is -2.09. The number of hydrogen-bond donors (Lipinski definition) is 3. The standard InChI is InChI=1S/C10H14IN3O2/c11-8-5-7(12)1-2-9(8)14-3-4-16-6-10(13)15/h1-2,5,14H,3-4,6,12H2,(H2,13,15). The summed E-state index contributed by atoms with van der Waals surface area (Å²) in [5, 5.41) is 3.17. The number of amides is 1. The number of primary amides is 1. The Bertz CT molecular complexity index is 371. The highest BCUT2D eigenvalue weighted by Crippen LogP contribution is 2.20. The highest BCUT2D eigenvalue weighted by molar-refractivity contribution is 14.1. The van der Waals surface area contributed by atoms with E-state index in [4.69, 9.17) is 16.2 Å². The molecule has 0 fully saturated rings. The lowest BCUT2D eigenvalue weighted by molar-refractivity contribution is -0.122. The monoisotopic (exact) mass is 335 g/mol. The number of nitrogens with two attached hydrogens (primary N) is 2. The molecule has 16 heavy (non-hydrogen) atoms. The van der Waals surface area contributed by atoms with Gasteiger partial charge in [0, 0.05) is 21.5 Å². The molecule has 0 heterocycles. The minimum absolute atomic E-state index is 0.0412. The number of carbonyl (C=O) groups excluding carboxylic acids is 1. The lowest BCUT2D eigenvalue weighted by atomic mass is 10.3. The molecule has 1 aromatic rings. The first-order valence-corrected chi connectivity index (χ1v) is 5.82. The van der Waals surface area contributed by atoms with Crippen molar-refractivity contribution in [1.82, 2.24) is 0 Å². The number of anilines is 2. The second-order valence-electron chi connectivity index (χ2n) is 3.18. The molecular weight excluding hydrogens is 321 g/mol. The van der Waals surface area contributed by atoms with E-state index in [2.05, 4.69) is 27.9 Å². The Morgan fingerprint density at radius 1 is 1.50 bits per heavy atom. The molecule has 0 atom stereocenters. The van der Waals surface area contributed by atoms with Gasteiger partial charge in [-0.25, -0.2) is 0 Å². The molecule has 0 unspecified atom stereocenters. The van der Waals surface area contributed by atoms with E-state index in [1.165, 1.54) is 0 Å². The number of hydrogen-bond acceptors (Lipinski definition) is 4. The van der Waals surface area contributed by atoms with Crippen molar-refractivity contribution >= 4 is 39.9 Å². The molecule has 1 amide bonds. The van der Waals surface area contributed by atoms with Gasteiger partial charge in [-0.05, 0) is 40.8 Å². The van der Waals surface area contributed by atoms with Crippen LogP contribution in [-0.4, -0.2) is 25.7 Å². The predicted octanol–water partition coefficient (Wildman–Crippen LogP) is 0.787. The molecule has 5 N–H and O–H groups in total. The molecule has 0 aliphatic rings. The van der Waals surface area contributed by atoms with Crippen LogP contribution in [0.25, 0.3) is 0 Å². The molecular formula is C10H14IN3O2. The number of rotatable bonds is 6. The molecule has 5 nitrogen and oxygen atoms in total. The van der Waals surface area contributed by atoms with Gasteiger partial charge in [0.2, 0.25) is 5.91 Å². The summed E-state index contributed by atoms with van der Waals surface area (Å²) in [6.07, 6.45) is 0. The molecule has 0 spiro atoms. The highest BCUT2D eigenvalue weighted by atomic mass is 127. The maximum absolute atomic E-state index is 10.4. The molecule has 0 saturated heterocycles. The number of benzene rings is 1. The van der Waals surface area contributed by atoms with E-state index in [1.54, 1.807) is 0 Å². The van der Waals surface area contributed by atoms with Crippen molar-refractivity contribution in [3.8, 4) is 0 Å². The van der Waals surface area contributed by atoms with E-state index in [0.29, 0.717) is 13.2 Å². The van der Waals surface area contributed by atoms with Crippen LogP contribution >= 0.6 is 22.6 Å². The summed E-state index contributed by atoms with van der Waals surface area (Å²) < 4.78 is 6.06. The molecule has 0 bridgehead atoms. The molecule has 1 rings (SSSR count). The van der Waals surface area contributed by atoms with Gasteiger partial charge in [0.15, 0.2) is 0 Å². The average molecular weight is 335 g/mol. The Hall–Kier alpha value is -1.02. The van der Waals surface area contributed by atoms with Crippen LogP contribution in [0.15, 0.2) is 18.2 Å². The zero-order chi connectivity index (χ0) is 12.0. The summed E-state index contributed by atoms with van der Waals surface area (Å²) in [5.41, 5.74) is 12.3. The maximum atomic E-state index is 10.4. The fraction of sp³-hybridized carbons (Fsp3) is 0.300. The maximum Gasteiger partial charge on any atom is 0.243 e. The number of ether oxygens (including phenoxy) is 1. The smallest absolute Gasteiger partial charge is 0.243 e. The molecule has 88 valence electrons. The Morgan fingerprint density at radius 2 is 2.25 bits per heavy atom. The minimum atomic E-state index is -0.456. The molecule has 6 heteroatoms. The SMILES string of the molecule is NC(=O)COCCNc1ccc(N)cc1I. The van der Waals surface area contributed by atoms with Gasteiger partial charge in [-0.15, -0.1) is 0 Å². The average Bonchev–Trinajstić information content (AvgIpc) is 2.20. The van der Waals surface area contributed by atoms with Crippen LogP contribution in [0, 0.1) is 3.57 Å². The molecule has 0 aliphatic heterocycles. The van der Waals surface area contributed by atoms with Crippen molar-refractivity contribution in [3.63, 3.8) is 0 Å². The van der Waals surface area contributed by atoms with Crippen LogP contribution in [0.4, 0.5) is 11.4 Å². The fourth-order valence-corrected chi connectivity index (χ4v) is 1.84. The van der Waals surface area contributed by atoms with E-state index in [9.17, 15) is 4.79 Å². The third kappa shape index (κ3) is 4.67. The second-order valence-corrected chi connectivity index (χ2v) is 4.35. The first-order valence-electron chi connectivity index (χ1n) is 4.74. The van der Waals surface area contributed by atoms with Crippen LogP contribution in [0.2, 0.25) is 0 Å². The molecule has 0 aromatic heterocycles. The van der Waals surface area contributed by atoms with E-state index in [0.717, 1.165) is 14.9 Å². The van der Waals surface area contributed by atoms with Crippen molar-refractivity contribution in [1.29, 1.82) is 0 Å². The van der Waals surface area contributed by atoms with Crippen molar-refractivity contribution in [2.45, 2.75) is 0 Å². The first-order chi connectivity index (χ1) is 7.59. The Labute approximate surface area is 108 Å². The third-order valence-corrected chi connectivity index (χ3v) is 2.69. The Morgan fingerprint density at radius 3 is 2.88 bits per heavy atom. The van der Waals surface area contributed by atoms with Crippen LogP contribution in [0.3, 0.4) is 0 Å². The fourth-order valence-electron chi connectivity index (χ4n) is 1.11. The van der Waals surface area contributed by atoms with Crippen molar-refractivity contribution in [3.05, 3.63) is 21.8 Å². The summed E-state index contributed by atoms with van der Waals surface area (Å²) in [6.45, 7) is 1.01. The quantitative estimate of drug-likeness (QED) is 0.407. The molecule has 1 aromatic carbocycles. The van der Waals surface area contributed by atoms with Gasteiger partial charge >= 0.3 is 0 Å². The van der Waals surface area contributed by atoms with Crippen molar-refractivity contribution in [2.24, 2.45) is 5.73 Å². The van der Waals surface area contributed by atoms with Gasteiger partial charge in [0.05, 0.1) is 6.61 Å². The Balaban J connectivity index is 2.29. The van der Waals surface area contributed by atoms with E-state index < -0.39 is 5.91 Å². The van der Waals surface area contributed by atoms with E-state index in [1.807, 2.05) is 18.2 Å². The number of nitrogen functional groups attached to an aromatic ring is 1. The summed E-state index contributed by atoms with van der Waals surface area (Å²) in [4.78, 5) is 10.4. The number of halogens is 1. The molecule has 0 radical (unpaired) electrons. The second kappa shape index (κ2) is 6.54. The zero-order valence-corrected chi connectivity index (χ0v) is 10.9. The van der Waals surface area contributed by atoms with Crippen molar-refractivity contribution in [2.75, 3.05) is 30.8 Å². The minimum Gasteiger partial charge on any atom is -0.399 e. The molecule has 0 aliphatic carbocycles. The predicted molar refractivity (Wildman–Crippen MR) is 72.1 cm³/mol. The molecule has 0 saturated carbocycles. The zero-order valence-electron chi connectivity index (χ0n) is 8.70. The highest BCUT2D eigenvalue weighted by Gasteiger charge is 1.99. The lowest BCUT2D eigenvalue weighted by Crippen LogP contribution is -2.20. The van der Waals surface area contributed by atoms with Crippen LogP contribution in [0.1, 0.15) is 0 Å². The van der Waals surface area contributed by atoms with Crippen LogP contribution < -0.4 is 16.8 Å². The van der Waals surface area contributed by atoms with Gasteiger partial charge in [-0.1, -0.05) is 0 Å². The number of carbonyl (C=O) groups is 1. The van der Waals surface area contributed by atoms with Crippen LogP contribution in [-0.2, 0) is 9.53 Å². The van der Waals surface area contributed by atoms with Crippen molar-refractivity contribution < 1.29 is 9.53 Å². The summed E-state index contributed by atoms with van der Waals surface area (Å²) >= 11 is 2.20. The van der Waals surface area contributed by atoms with E-state index in [-0.39, 0.29) is 6.61 Å². The topological polar surface area (TPSA) is 90.4 Å². The number of nitrogens with one attached hydrogen (secondary N) is 1. The largest absolute Gasteiger partial charge is 0.399 e. The summed E-state index contributed by atoms with van der Waals surface area (Å²) in [5.74, 6) is -0.456. The van der Waals surface area contributed by atoms with Gasteiger partial charge in [0.1, 0.15) is 6.61 Å². The van der Waals surface area contributed by atoms with Gasteiger partial charge < -0.3 is 21.5 Å². The van der Waals surface area contributed by atoms with Crippen LogP contribution in [0.5, 0.6) is 0 Å². The van der Waals surface area contributed by atoms with Gasteiger partial charge in [-0.3, -0.25) is 4.79 Å². The third-order valence-electron chi connectivity index (χ3n) is 1.80. The van der Waals surface area contributed by atoms with Gasteiger partial charge in [-0.2, -0.15) is 0 Å².